The molecule has 1 fully saturated rings. The smallest absolute Gasteiger partial charge is 0.264 e. The summed E-state index contributed by atoms with van der Waals surface area (Å²) in [4.78, 5) is 26.0. The number of amides is 1. The van der Waals surface area contributed by atoms with Crippen molar-refractivity contribution in [2.45, 2.75) is 116 Å². The van der Waals surface area contributed by atoms with Crippen molar-refractivity contribution < 1.29 is 18.3 Å². The number of hydrogen-bond donors (Lipinski definition) is 2. The summed E-state index contributed by atoms with van der Waals surface area (Å²) in [5.41, 5.74) is 3.96. The van der Waals surface area contributed by atoms with E-state index in [2.05, 4.69) is 30.4 Å². The highest BCUT2D eigenvalue weighted by atomic mass is 32.2. The van der Waals surface area contributed by atoms with Gasteiger partial charge in [0.15, 0.2) is 0 Å². The molecule has 3 aromatic rings. The first-order valence-electron chi connectivity index (χ1n) is 16.1. The SMILES string of the molecule is Cc1cccc(C)c1-c1cc2nc(n1)NS(=O)(=O)c1cccc(c1)C(=O)N(C1CCC(C(C)(C)O)CC1)[C@H](CC(C)(C)C)CC2. The molecular formula is C36H48N4O4S. The monoisotopic (exact) mass is 632 g/mol. The van der Waals surface area contributed by atoms with Crippen LogP contribution in [0.2, 0.25) is 0 Å². The van der Waals surface area contributed by atoms with E-state index in [1.165, 1.54) is 12.1 Å². The van der Waals surface area contributed by atoms with Crippen molar-refractivity contribution in [2.24, 2.45) is 11.3 Å². The molecular weight excluding hydrogens is 584 g/mol. The number of carbonyl (C=O) groups excluding carboxylic acids is 1. The topological polar surface area (TPSA) is 112 Å². The molecule has 1 amide bonds. The number of fused-ring (bicyclic) bond motifs is 4. The van der Waals surface area contributed by atoms with Crippen LogP contribution in [-0.4, -0.2) is 52.0 Å². The molecule has 1 atom stereocenters. The normalized spacial score (nSPS) is 22.5. The van der Waals surface area contributed by atoms with E-state index in [0.717, 1.165) is 54.5 Å². The number of carbonyl (C=O) groups is 1. The molecule has 2 N–H and O–H groups in total. The fourth-order valence-corrected chi connectivity index (χ4v) is 8.18. The Bertz CT molecular complexity index is 1640. The number of aryl methyl sites for hydroxylation is 3. The largest absolute Gasteiger partial charge is 0.390 e. The maximum atomic E-state index is 14.5. The summed E-state index contributed by atoms with van der Waals surface area (Å²) in [6.45, 7) is 14.4. The molecule has 2 aliphatic rings. The second kappa shape index (κ2) is 12.5. The number of aliphatic hydroxyl groups is 1. The zero-order valence-corrected chi connectivity index (χ0v) is 28.5. The molecule has 9 heteroatoms. The number of nitrogens with zero attached hydrogens (tertiary/aromatic N) is 3. The van der Waals surface area contributed by atoms with E-state index >= 15 is 0 Å². The van der Waals surface area contributed by atoms with Gasteiger partial charge in [0.2, 0.25) is 5.95 Å². The van der Waals surface area contributed by atoms with Crippen LogP contribution in [0.1, 0.15) is 100 Å². The van der Waals surface area contributed by atoms with Crippen LogP contribution in [0.25, 0.3) is 11.3 Å². The average molecular weight is 633 g/mol. The lowest BCUT2D eigenvalue weighted by molar-refractivity contribution is -0.0163. The lowest BCUT2D eigenvalue weighted by atomic mass is 9.76. The van der Waals surface area contributed by atoms with Crippen LogP contribution in [0.4, 0.5) is 5.95 Å². The molecule has 1 aromatic heterocycles. The first-order valence-corrected chi connectivity index (χ1v) is 17.6. The maximum absolute atomic E-state index is 14.5. The van der Waals surface area contributed by atoms with Crippen molar-refractivity contribution in [1.82, 2.24) is 14.9 Å². The van der Waals surface area contributed by atoms with Crippen molar-refractivity contribution in [3.63, 3.8) is 0 Å². The molecule has 2 aromatic carbocycles. The van der Waals surface area contributed by atoms with Gasteiger partial charge in [-0.2, -0.15) is 0 Å². The van der Waals surface area contributed by atoms with Crippen molar-refractivity contribution in [1.29, 1.82) is 0 Å². The predicted octanol–water partition coefficient (Wildman–Crippen LogP) is 7.08. The van der Waals surface area contributed by atoms with Crippen molar-refractivity contribution in [3.05, 3.63) is 70.9 Å². The molecule has 2 heterocycles. The van der Waals surface area contributed by atoms with Crippen LogP contribution in [-0.2, 0) is 16.4 Å². The second-order valence-corrected chi connectivity index (χ2v) is 16.5. The highest BCUT2D eigenvalue weighted by Crippen LogP contribution is 2.38. The molecule has 45 heavy (non-hydrogen) atoms. The summed E-state index contributed by atoms with van der Waals surface area (Å²) < 4.78 is 30.0. The van der Waals surface area contributed by atoms with E-state index < -0.39 is 15.6 Å². The molecule has 1 aliphatic heterocycles. The van der Waals surface area contributed by atoms with Crippen LogP contribution in [0, 0.1) is 25.2 Å². The highest BCUT2D eigenvalue weighted by Gasteiger charge is 2.39. The molecule has 242 valence electrons. The molecule has 4 bridgehead atoms. The Morgan fingerprint density at radius 3 is 2.18 bits per heavy atom. The van der Waals surface area contributed by atoms with Crippen molar-refractivity contribution in [3.8, 4) is 11.3 Å². The fraction of sp³-hybridized carbons (Fsp3) is 0.528. The van der Waals surface area contributed by atoms with Crippen LogP contribution in [0.15, 0.2) is 53.4 Å². The van der Waals surface area contributed by atoms with Gasteiger partial charge in [-0.1, -0.05) is 45.0 Å². The molecule has 0 radical (unpaired) electrons. The lowest BCUT2D eigenvalue weighted by Gasteiger charge is -2.45. The van der Waals surface area contributed by atoms with Gasteiger partial charge in [-0.05, 0) is 119 Å². The summed E-state index contributed by atoms with van der Waals surface area (Å²) in [5.74, 6) is 0.0414. The van der Waals surface area contributed by atoms with E-state index in [9.17, 15) is 18.3 Å². The summed E-state index contributed by atoms with van der Waals surface area (Å²) >= 11 is 0. The van der Waals surface area contributed by atoms with E-state index in [1.54, 1.807) is 12.1 Å². The molecule has 1 saturated carbocycles. The quantitative estimate of drug-likeness (QED) is 0.318. The van der Waals surface area contributed by atoms with Crippen LogP contribution in [0.3, 0.4) is 0 Å². The summed E-state index contributed by atoms with van der Waals surface area (Å²) in [6.07, 6.45) is 5.23. The Kier molecular flexibility index (Phi) is 9.17. The number of aromatic nitrogens is 2. The van der Waals surface area contributed by atoms with Gasteiger partial charge < -0.3 is 10.0 Å². The van der Waals surface area contributed by atoms with E-state index in [4.69, 9.17) is 9.97 Å². The zero-order valence-electron chi connectivity index (χ0n) is 27.7. The third-order valence-electron chi connectivity index (χ3n) is 9.43. The van der Waals surface area contributed by atoms with Gasteiger partial charge in [-0.15, -0.1) is 0 Å². The van der Waals surface area contributed by atoms with E-state index in [-0.39, 0.29) is 40.2 Å². The summed E-state index contributed by atoms with van der Waals surface area (Å²) in [6, 6.07) is 14.2. The summed E-state index contributed by atoms with van der Waals surface area (Å²) in [5, 5.41) is 10.7. The minimum absolute atomic E-state index is 0.00622. The third kappa shape index (κ3) is 7.58. The van der Waals surface area contributed by atoms with Gasteiger partial charge in [0.05, 0.1) is 16.2 Å². The third-order valence-corrected chi connectivity index (χ3v) is 10.8. The Balaban J connectivity index is 1.64. The van der Waals surface area contributed by atoms with E-state index in [0.29, 0.717) is 24.1 Å². The number of sulfonamides is 1. The number of nitrogens with one attached hydrogen (secondary N) is 1. The van der Waals surface area contributed by atoms with Crippen molar-refractivity contribution in [2.75, 3.05) is 4.72 Å². The number of benzene rings is 2. The van der Waals surface area contributed by atoms with E-state index in [1.807, 2.05) is 52.0 Å². The molecule has 5 rings (SSSR count). The van der Waals surface area contributed by atoms with Crippen LogP contribution >= 0.6 is 0 Å². The number of rotatable bonds is 4. The van der Waals surface area contributed by atoms with Crippen LogP contribution in [0.5, 0.6) is 0 Å². The number of hydrogen-bond acceptors (Lipinski definition) is 6. The average Bonchev–Trinajstić information content (AvgIpc) is 2.94. The molecule has 1 aliphatic carbocycles. The van der Waals surface area contributed by atoms with Gasteiger partial charge in [-0.3, -0.25) is 4.79 Å². The molecule has 8 nitrogen and oxygen atoms in total. The predicted molar refractivity (Wildman–Crippen MR) is 179 cm³/mol. The minimum Gasteiger partial charge on any atom is -0.390 e. The summed E-state index contributed by atoms with van der Waals surface area (Å²) in [7, 11) is -4.08. The zero-order chi connectivity index (χ0) is 32.7. The molecule has 0 unspecified atom stereocenters. The van der Waals surface area contributed by atoms with Gasteiger partial charge in [0.25, 0.3) is 15.9 Å². The van der Waals surface area contributed by atoms with Gasteiger partial charge in [-0.25, -0.2) is 23.1 Å². The van der Waals surface area contributed by atoms with Gasteiger partial charge >= 0.3 is 0 Å². The maximum Gasteiger partial charge on any atom is 0.264 e. The molecule has 0 spiro atoms. The molecule has 0 saturated heterocycles. The standard InChI is InChI=1S/C36H48N4O4S/c1-23-10-8-11-24(2)32(23)31-21-27-16-19-29(22-35(3,4)5)40(28-17-14-26(15-18-28)36(6,7)42)33(41)25-12-9-13-30(20-25)45(43,44)39-34(37-27)38-31/h8-13,20-21,26,28-29,42H,14-19,22H2,1-7H3,(H,37,38,39)/t26?,28?,29-/m0/s1. The minimum atomic E-state index is -4.08. The van der Waals surface area contributed by atoms with Gasteiger partial charge in [0.1, 0.15) is 0 Å². The fourth-order valence-electron chi connectivity index (χ4n) is 7.19. The Hall–Kier alpha value is -3.30. The second-order valence-electron chi connectivity index (χ2n) is 14.8. The Morgan fingerprint density at radius 1 is 0.911 bits per heavy atom. The van der Waals surface area contributed by atoms with Crippen molar-refractivity contribution >= 4 is 21.9 Å². The van der Waals surface area contributed by atoms with Gasteiger partial charge in [0, 0.05) is 28.9 Å². The van der Waals surface area contributed by atoms with Crippen LogP contribution < -0.4 is 4.72 Å². The Morgan fingerprint density at radius 2 is 1.56 bits per heavy atom. The first kappa shape index (κ1) is 33.1. The number of anilines is 1. The highest BCUT2D eigenvalue weighted by molar-refractivity contribution is 7.92. The lowest BCUT2D eigenvalue weighted by Crippen LogP contribution is -2.51. The first-order chi connectivity index (χ1) is 21.0. The Labute approximate surface area is 268 Å².